The van der Waals surface area contributed by atoms with Crippen molar-refractivity contribution < 1.29 is 9.59 Å². The van der Waals surface area contributed by atoms with Crippen LogP contribution < -0.4 is 9.80 Å². The lowest BCUT2D eigenvalue weighted by atomic mass is 9.92. The van der Waals surface area contributed by atoms with Crippen LogP contribution in [-0.4, -0.2) is 68.2 Å². The van der Waals surface area contributed by atoms with Crippen molar-refractivity contribution in [1.29, 1.82) is 0 Å². The second kappa shape index (κ2) is 6.08. The first-order chi connectivity index (χ1) is 12.5. The highest BCUT2D eigenvalue weighted by molar-refractivity contribution is 5.98. The molecule has 2 fully saturated rings. The molecular formula is C17H21N7O2. The Morgan fingerprint density at radius 2 is 2.08 bits per heavy atom. The zero-order chi connectivity index (χ0) is 18.3. The van der Waals surface area contributed by atoms with Crippen molar-refractivity contribution in [3.63, 3.8) is 0 Å². The highest BCUT2D eigenvalue weighted by Crippen LogP contribution is 2.35. The molecule has 4 rings (SSSR count). The van der Waals surface area contributed by atoms with Crippen molar-refractivity contribution in [1.82, 2.24) is 24.6 Å². The molecule has 1 spiro atoms. The molecule has 4 heterocycles. The zero-order valence-electron chi connectivity index (χ0n) is 14.9. The summed E-state index contributed by atoms with van der Waals surface area (Å²) >= 11 is 0. The molecule has 0 bridgehead atoms. The van der Waals surface area contributed by atoms with Crippen molar-refractivity contribution in [3.8, 4) is 0 Å². The molecule has 0 aliphatic carbocycles. The van der Waals surface area contributed by atoms with Gasteiger partial charge in [0.05, 0.1) is 30.2 Å². The summed E-state index contributed by atoms with van der Waals surface area (Å²) in [5.74, 6) is 0.625. The third kappa shape index (κ3) is 2.69. The average molecular weight is 355 g/mol. The molecule has 1 atom stereocenters. The smallest absolute Gasteiger partial charge is 0.246 e. The molecule has 2 saturated heterocycles. The van der Waals surface area contributed by atoms with E-state index in [0.717, 1.165) is 24.5 Å². The monoisotopic (exact) mass is 355 g/mol. The van der Waals surface area contributed by atoms with Crippen molar-refractivity contribution in [2.75, 3.05) is 36.0 Å². The fourth-order valence-electron chi connectivity index (χ4n) is 3.94. The van der Waals surface area contributed by atoms with Gasteiger partial charge in [-0.05, 0) is 6.42 Å². The summed E-state index contributed by atoms with van der Waals surface area (Å²) in [5.41, 5.74) is 0.325. The topological polar surface area (TPSA) is 87.5 Å². The van der Waals surface area contributed by atoms with Gasteiger partial charge in [-0.15, -0.1) is 0 Å². The van der Waals surface area contributed by atoms with E-state index in [4.69, 9.17) is 0 Å². The Labute approximate surface area is 151 Å². The maximum atomic E-state index is 12.7. The van der Waals surface area contributed by atoms with Crippen LogP contribution in [0.3, 0.4) is 0 Å². The molecule has 2 amide bonds. The van der Waals surface area contributed by atoms with Gasteiger partial charge in [-0.2, -0.15) is 5.10 Å². The van der Waals surface area contributed by atoms with Crippen LogP contribution in [0.15, 0.2) is 31.0 Å². The quantitative estimate of drug-likeness (QED) is 0.757. The van der Waals surface area contributed by atoms with Gasteiger partial charge in [-0.25, -0.2) is 4.98 Å². The Morgan fingerprint density at radius 1 is 1.23 bits per heavy atom. The Kier molecular flexibility index (Phi) is 3.86. The number of piperazine rings is 1. The van der Waals surface area contributed by atoms with E-state index in [9.17, 15) is 9.59 Å². The molecule has 0 radical (unpaired) electrons. The van der Waals surface area contributed by atoms with Crippen LogP contribution in [0.25, 0.3) is 0 Å². The number of carbonyl (C=O) groups is 2. The van der Waals surface area contributed by atoms with E-state index >= 15 is 0 Å². The number of nitrogens with zero attached hydrogens (tertiary/aromatic N) is 7. The Bertz CT molecular complexity index is 837. The van der Waals surface area contributed by atoms with Crippen LogP contribution in [0.2, 0.25) is 0 Å². The highest BCUT2D eigenvalue weighted by atomic mass is 16.2. The molecule has 2 aliphatic rings. The first-order valence-corrected chi connectivity index (χ1v) is 8.57. The summed E-state index contributed by atoms with van der Waals surface area (Å²) in [6.45, 7) is 3.44. The predicted octanol–water partition coefficient (Wildman–Crippen LogP) is 0.0543. The molecule has 0 saturated carbocycles. The molecule has 0 N–H and O–H groups in total. The number of hydrogen-bond donors (Lipinski definition) is 0. The first kappa shape index (κ1) is 16.5. The number of anilines is 2. The largest absolute Gasteiger partial charge is 0.353 e. The van der Waals surface area contributed by atoms with Gasteiger partial charge in [0.1, 0.15) is 12.4 Å². The minimum atomic E-state index is -0.437. The van der Waals surface area contributed by atoms with Crippen molar-refractivity contribution in [2.45, 2.75) is 18.9 Å². The molecule has 1 unspecified atom stereocenters. The molecule has 9 nitrogen and oxygen atoms in total. The molecule has 26 heavy (non-hydrogen) atoms. The maximum absolute atomic E-state index is 12.7. The summed E-state index contributed by atoms with van der Waals surface area (Å²) in [7, 11) is 1.82. The predicted molar refractivity (Wildman–Crippen MR) is 94.5 cm³/mol. The normalized spacial score (nSPS) is 23.2. The highest BCUT2D eigenvalue weighted by Gasteiger charge is 2.50. The van der Waals surface area contributed by atoms with E-state index in [1.165, 1.54) is 6.92 Å². The van der Waals surface area contributed by atoms with E-state index in [1.54, 1.807) is 39.3 Å². The second-order valence-electron chi connectivity index (χ2n) is 6.92. The van der Waals surface area contributed by atoms with Crippen LogP contribution in [-0.2, 0) is 16.6 Å². The SMILES string of the molecule is CC(=O)N1CC(=O)N(c2cnn(C)c2)CC12CCN(c1cnccn1)C2. The molecule has 0 aromatic carbocycles. The molecule has 2 aromatic rings. The van der Waals surface area contributed by atoms with Crippen molar-refractivity contribution >= 4 is 23.3 Å². The van der Waals surface area contributed by atoms with Gasteiger partial charge in [0.15, 0.2) is 0 Å². The van der Waals surface area contributed by atoms with Crippen LogP contribution >= 0.6 is 0 Å². The minimum absolute atomic E-state index is 0.0785. The fourth-order valence-corrected chi connectivity index (χ4v) is 3.94. The van der Waals surface area contributed by atoms with Gasteiger partial charge in [-0.3, -0.25) is 19.3 Å². The molecule has 2 aromatic heterocycles. The Hall–Kier alpha value is -2.97. The van der Waals surface area contributed by atoms with E-state index in [1.807, 2.05) is 13.2 Å². The third-order valence-corrected chi connectivity index (χ3v) is 5.21. The standard InChI is InChI=1S/C17H21N7O2/c1-13(25)24-10-16(26)23(14-7-20-21(2)9-14)12-17(24)3-6-22(11-17)15-8-18-4-5-19-15/h4-5,7-9H,3,6,10-12H2,1-2H3. The van der Waals surface area contributed by atoms with Crippen molar-refractivity contribution in [2.24, 2.45) is 7.05 Å². The number of aromatic nitrogens is 4. The van der Waals surface area contributed by atoms with Gasteiger partial charge in [0.25, 0.3) is 0 Å². The summed E-state index contributed by atoms with van der Waals surface area (Å²) < 4.78 is 1.67. The number of aryl methyl sites for hydroxylation is 1. The van der Waals surface area contributed by atoms with E-state index in [-0.39, 0.29) is 18.4 Å². The van der Waals surface area contributed by atoms with Crippen LogP contribution in [0, 0.1) is 0 Å². The number of carbonyl (C=O) groups excluding carboxylic acids is 2. The first-order valence-electron chi connectivity index (χ1n) is 8.57. The van der Waals surface area contributed by atoms with E-state index in [0.29, 0.717) is 13.1 Å². The number of hydrogen-bond acceptors (Lipinski definition) is 6. The van der Waals surface area contributed by atoms with Crippen LogP contribution in [0.1, 0.15) is 13.3 Å². The summed E-state index contributed by atoms with van der Waals surface area (Å²) in [5, 5.41) is 4.17. The fraction of sp³-hybridized carbons (Fsp3) is 0.471. The Morgan fingerprint density at radius 3 is 2.73 bits per heavy atom. The lowest BCUT2D eigenvalue weighted by Crippen LogP contribution is -2.66. The lowest BCUT2D eigenvalue weighted by Gasteiger charge is -2.47. The zero-order valence-corrected chi connectivity index (χ0v) is 14.9. The van der Waals surface area contributed by atoms with E-state index < -0.39 is 5.54 Å². The van der Waals surface area contributed by atoms with Gasteiger partial charge >= 0.3 is 0 Å². The summed E-state index contributed by atoms with van der Waals surface area (Å²) in [4.78, 5) is 39.1. The molecular weight excluding hydrogens is 334 g/mol. The number of amides is 2. The second-order valence-corrected chi connectivity index (χ2v) is 6.92. The maximum Gasteiger partial charge on any atom is 0.246 e. The summed E-state index contributed by atoms with van der Waals surface area (Å²) in [6, 6.07) is 0. The van der Waals surface area contributed by atoms with Crippen LogP contribution in [0.5, 0.6) is 0 Å². The Balaban J connectivity index is 1.65. The summed E-state index contributed by atoms with van der Waals surface area (Å²) in [6.07, 6.45) is 9.31. The third-order valence-electron chi connectivity index (χ3n) is 5.21. The average Bonchev–Trinajstić information content (AvgIpc) is 3.25. The number of rotatable bonds is 2. The van der Waals surface area contributed by atoms with Gasteiger partial charge < -0.3 is 14.7 Å². The van der Waals surface area contributed by atoms with Crippen LogP contribution in [0.4, 0.5) is 11.5 Å². The molecule has 2 aliphatic heterocycles. The van der Waals surface area contributed by atoms with Gasteiger partial charge in [-0.1, -0.05) is 0 Å². The van der Waals surface area contributed by atoms with Gasteiger partial charge in [0.2, 0.25) is 11.8 Å². The van der Waals surface area contributed by atoms with E-state index in [2.05, 4.69) is 20.0 Å². The lowest BCUT2D eigenvalue weighted by molar-refractivity contribution is -0.142. The minimum Gasteiger partial charge on any atom is -0.353 e. The van der Waals surface area contributed by atoms with Crippen molar-refractivity contribution in [3.05, 3.63) is 31.0 Å². The molecule has 9 heteroatoms. The van der Waals surface area contributed by atoms with Gasteiger partial charge in [0, 0.05) is 45.7 Å². The molecule has 136 valence electrons.